The highest BCUT2D eigenvalue weighted by Gasteiger charge is 2.23. The van der Waals surface area contributed by atoms with Gasteiger partial charge in [0.1, 0.15) is 5.76 Å². The van der Waals surface area contributed by atoms with Gasteiger partial charge in [-0.25, -0.2) is 0 Å². The first-order chi connectivity index (χ1) is 10.1. The Morgan fingerprint density at radius 1 is 1.29 bits per heavy atom. The fourth-order valence-electron chi connectivity index (χ4n) is 2.64. The predicted molar refractivity (Wildman–Crippen MR) is 81.9 cm³/mol. The highest BCUT2D eigenvalue weighted by Crippen LogP contribution is 2.26. The molecule has 1 N–H and O–H groups in total. The summed E-state index contributed by atoms with van der Waals surface area (Å²) in [4.78, 5) is 12.4. The summed E-state index contributed by atoms with van der Waals surface area (Å²) in [5, 5.41) is 7.30. The number of benzene rings is 1. The minimum absolute atomic E-state index is 0.257. The lowest BCUT2D eigenvalue weighted by atomic mass is 10.1. The Balaban J connectivity index is 1.84. The zero-order valence-corrected chi connectivity index (χ0v) is 12.7. The van der Waals surface area contributed by atoms with Crippen molar-refractivity contribution in [1.82, 2.24) is 5.16 Å². The van der Waals surface area contributed by atoms with Crippen molar-refractivity contribution in [2.45, 2.75) is 39.0 Å². The number of fused-ring (bicyclic) bond motifs is 1. The van der Waals surface area contributed by atoms with Gasteiger partial charge in [0.2, 0.25) is 0 Å². The molecular formula is C16H17ClN2O2. The minimum atomic E-state index is -0.257. The number of nitrogens with zero attached hydrogens (tertiary/aromatic N) is 1. The number of nitrogens with one attached hydrogen (secondary N) is 1. The van der Waals surface area contributed by atoms with E-state index in [-0.39, 0.29) is 5.91 Å². The van der Waals surface area contributed by atoms with Crippen LogP contribution in [0.5, 0.6) is 0 Å². The van der Waals surface area contributed by atoms with E-state index in [4.69, 9.17) is 16.1 Å². The van der Waals surface area contributed by atoms with Crippen molar-refractivity contribution < 1.29 is 9.32 Å². The summed E-state index contributed by atoms with van der Waals surface area (Å²) in [7, 11) is 0. The number of hydrogen-bond donors (Lipinski definition) is 1. The van der Waals surface area contributed by atoms with Gasteiger partial charge < -0.3 is 9.84 Å². The van der Waals surface area contributed by atoms with Gasteiger partial charge in [-0.2, -0.15) is 0 Å². The molecule has 0 radical (unpaired) electrons. The third-order valence-corrected chi connectivity index (χ3v) is 4.10. The van der Waals surface area contributed by atoms with E-state index < -0.39 is 0 Å². The maximum atomic E-state index is 12.4. The van der Waals surface area contributed by atoms with E-state index in [1.54, 1.807) is 6.07 Å². The molecule has 0 spiro atoms. The Kier molecular flexibility index (Phi) is 3.97. The number of carbonyl (C=O) groups excluding carboxylic acids is 1. The lowest BCUT2D eigenvalue weighted by Crippen LogP contribution is -2.15. The Morgan fingerprint density at radius 3 is 2.90 bits per heavy atom. The van der Waals surface area contributed by atoms with Crippen molar-refractivity contribution in [2.75, 3.05) is 5.32 Å². The highest BCUT2D eigenvalue weighted by molar-refractivity contribution is 6.34. The van der Waals surface area contributed by atoms with Gasteiger partial charge in [-0.05, 0) is 43.9 Å². The normalized spacial score (nSPS) is 14.4. The molecule has 2 aromatic rings. The molecule has 0 fully saturated rings. The fraction of sp³-hybridized carbons (Fsp3) is 0.375. The highest BCUT2D eigenvalue weighted by atomic mass is 35.5. The largest absolute Gasteiger partial charge is 0.360 e. The molecule has 1 heterocycles. The van der Waals surface area contributed by atoms with Crippen LogP contribution in [0.15, 0.2) is 22.7 Å². The summed E-state index contributed by atoms with van der Waals surface area (Å²) < 4.78 is 5.33. The number of carbonyl (C=O) groups is 1. The van der Waals surface area contributed by atoms with E-state index in [1.165, 1.54) is 0 Å². The molecule has 1 aromatic carbocycles. The van der Waals surface area contributed by atoms with Gasteiger partial charge >= 0.3 is 0 Å². The molecule has 0 unspecified atom stereocenters. The van der Waals surface area contributed by atoms with Crippen LogP contribution in [-0.4, -0.2) is 11.1 Å². The molecule has 0 saturated heterocycles. The standard InChI is InChI=1S/C16H17ClN2O2/c1-10-7-8-13(12(17)9-10)18-16(20)15-11-5-3-2-4-6-14(11)21-19-15/h7-9H,2-6H2,1H3,(H,18,20). The first kappa shape index (κ1) is 14.1. The van der Waals surface area contributed by atoms with Crippen LogP contribution in [0.2, 0.25) is 5.02 Å². The van der Waals surface area contributed by atoms with Crippen molar-refractivity contribution in [3.63, 3.8) is 0 Å². The van der Waals surface area contributed by atoms with Gasteiger partial charge in [0, 0.05) is 12.0 Å². The molecule has 0 bridgehead atoms. The van der Waals surface area contributed by atoms with Gasteiger partial charge in [-0.1, -0.05) is 29.2 Å². The van der Waals surface area contributed by atoms with E-state index >= 15 is 0 Å². The smallest absolute Gasteiger partial charge is 0.278 e. The van der Waals surface area contributed by atoms with Gasteiger partial charge in [0.25, 0.3) is 5.91 Å². The number of amides is 1. The van der Waals surface area contributed by atoms with Gasteiger partial charge in [-0.15, -0.1) is 0 Å². The first-order valence-electron chi connectivity index (χ1n) is 7.20. The molecule has 1 aliphatic rings. The van der Waals surface area contributed by atoms with Crippen molar-refractivity contribution in [2.24, 2.45) is 0 Å². The van der Waals surface area contributed by atoms with Crippen LogP contribution in [0.4, 0.5) is 5.69 Å². The van der Waals surface area contributed by atoms with Crippen LogP contribution in [0.25, 0.3) is 0 Å². The number of aryl methyl sites for hydroxylation is 2. The van der Waals surface area contributed by atoms with Crippen molar-refractivity contribution >= 4 is 23.2 Å². The van der Waals surface area contributed by atoms with Gasteiger partial charge in [0.15, 0.2) is 5.69 Å². The van der Waals surface area contributed by atoms with E-state index in [0.717, 1.165) is 49.0 Å². The Morgan fingerprint density at radius 2 is 2.10 bits per heavy atom. The average molecular weight is 305 g/mol. The molecule has 4 nitrogen and oxygen atoms in total. The maximum Gasteiger partial charge on any atom is 0.278 e. The summed E-state index contributed by atoms with van der Waals surface area (Å²) in [5.41, 5.74) is 2.99. The summed E-state index contributed by atoms with van der Waals surface area (Å²) in [5.74, 6) is 0.598. The third-order valence-electron chi connectivity index (χ3n) is 3.79. The third kappa shape index (κ3) is 2.95. The number of hydrogen-bond acceptors (Lipinski definition) is 3. The van der Waals surface area contributed by atoms with Crippen molar-refractivity contribution in [3.05, 3.63) is 45.8 Å². The molecule has 3 rings (SSSR count). The molecule has 0 saturated carbocycles. The SMILES string of the molecule is Cc1ccc(NC(=O)c2noc3c2CCCCC3)c(Cl)c1. The van der Waals surface area contributed by atoms with Crippen LogP contribution >= 0.6 is 11.6 Å². The molecule has 0 atom stereocenters. The second kappa shape index (κ2) is 5.90. The van der Waals surface area contributed by atoms with Crippen LogP contribution in [0, 0.1) is 6.92 Å². The lowest BCUT2D eigenvalue weighted by molar-refractivity contribution is 0.101. The molecule has 1 amide bonds. The van der Waals surface area contributed by atoms with E-state index in [1.807, 2.05) is 19.1 Å². The van der Waals surface area contributed by atoms with Gasteiger partial charge in [-0.3, -0.25) is 4.79 Å². The summed E-state index contributed by atoms with van der Waals surface area (Å²) in [6, 6.07) is 5.53. The number of halogens is 1. The summed E-state index contributed by atoms with van der Waals surface area (Å²) >= 11 is 6.15. The monoisotopic (exact) mass is 304 g/mol. The molecule has 1 aliphatic carbocycles. The van der Waals surface area contributed by atoms with Crippen LogP contribution < -0.4 is 5.32 Å². The lowest BCUT2D eigenvalue weighted by Gasteiger charge is -2.07. The van der Waals surface area contributed by atoms with E-state index in [9.17, 15) is 4.79 Å². The number of rotatable bonds is 2. The van der Waals surface area contributed by atoms with Crippen LogP contribution in [0.3, 0.4) is 0 Å². The Labute approximate surface area is 128 Å². The van der Waals surface area contributed by atoms with Crippen molar-refractivity contribution in [3.8, 4) is 0 Å². The second-order valence-corrected chi connectivity index (χ2v) is 5.84. The quantitative estimate of drug-likeness (QED) is 0.848. The Bertz CT molecular complexity index is 679. The topological polar surface area (TPSA) is 55.1 Å². The molecule has 21 heavy (non-hydrogen) atoms. The molecular weight excluding hydrogens is 288 g/mol. The zero-order chi connectivity index (χ0) is 14.8. The zero-order valence-electron chi connectivity index (χ0n) is 11.9. The fourth-order valence-corrected chi connectivity index (χ4v) is 2.93. The minimum Gasteiger partial charge on any atom is -0.360 e. The summed E-state index contributed by atoms with van der Waals surface area (Å²) in [6.45, 7) is 1.95. The van der Waals surface area contributed by atoms with Crippen LogP contribution in [-0.2, 0) is 12.8 Å². The first-order valence-corrected chi connectivity index (χ1v) is 7.58. The predicted octanol–water partition coefficient (Wildman–Crippen LogP) is 4.16. The maximum absolute atomic E-state index is 12.4. The molecule has 5 heteroatoms. The Hall–Kier alpha value is -1.81. The van der Waals surface area contributed by atoms with E-state index in [0.29, 0.717) is 16.4 Å². The molecule has 0 aliphatic heterocycles. The van der Waals surface area contributed by atoms with Crippen LogP contribution in [0.1, 0.15) is 46.6 Å². The molecule has 110 valence electrons. The number of anilines is 1. The second-order valence-electron chi connectivity index (χ2n) is 5.43. The average Bonchev–Trinajstić information content (AvgIpc) is 2.71. The van der Waals surface area contributed by atoms with Crippen molar-refractivity contribution in [1.29, 1.82) is 0 Å². The van der Waals surface area contributed by atoms with Gasteiger partial charge in [0.05, 0.1) is 10.7 Å². The molecule has 1 aromatic heterocycles. The van der Waals surface area contributed by atoms with E-state index in [2.05, 4.69) is 10.5 Å². The number of aromatic nitrogens is 1. The summed E-state index contributed by atoms with van der Waals surface area (Å²) in [6.07, 6.45) is 5.03.